The minimum atomic E-state index is 0.334. The highest BCUT2D eigenvalue weighted by molar-refractivity contribution is 5.09. The van der Waals surface area contributed by atoms with E-state index in [4.69, 9.17) is 4.74 Å². The second-order valence-electron chi connectivity index (χ2n) is 6.00. The lowest BCUT2D eigenvalue weighted by molar-refractivity contribution is 0.0374. The van der Waals surface area contributed by atoms with Crippen LogP contribution in [0.15, 0.2) is 12.2 Å². The molecule has 1 heteroatoms. The van der Waals surface area contributed by atoms with Gasteiger partial charge in [-0.25, -0.2) is 0 Å². The van der Waals surface area contributed by atoms with Crippen molar-refractivity contribution in [3.8, 4) is 0 Å². The van der Waals surface area contributed by atoms with Crippen LogP contribution >= 0.6 is 0 Å². The van der Waals surface area contributed by atoms with Crippen molar-refractivity contribution < 1.29 is 4.74 Å². The van der Waals surface area contributed by atoms with E-state index in [0.29, 0.717) is 17.6 Å². The number of hydrogen-bond donors (Lipinski definition) is 0. The third-order valence-electron chi connectivity index (χ3n) is 3.07. The molecule has 1 rings (SSSR count). The Balaban J connectivity index is 2.34. The minimum absolute atomic E-state index is 0.334. The molecule has 15 heavy (non-hydrogen) atoms. The van der Waals surface area contributed by atoms with Crippen molar-refractivity contribution in [1.82, 2.24) is 0 Å². The van der Waals surface area contributed by atoms with E-state index in [2.05, 4.69) is 34.3 Å². The Kier molecular flexibility index (Phi) is 4.39. The van der Waals surface area contributed by atoms with Gasteiger partial charge in [-0.2, -0.15) is 0 Å². The Labute approximate surface area is 94.9 Å². The minimum Gasteiger partial charge on any atom is -0.370 e. The van der Waals surface area contributed by atoms with Gasteiger partial charge < -0.3 is 4.74 Å². The number of rotatable bonds is 4. The summed E-state index contributed by atoms with van der Waals surface area (Å²) in [7, 11) is 0. The van der Waals surface area contributed by atoms with Crippen LogP contribution < -0.4 is 0 Å². The molecule has 0 aromatic carbocycles. The molecule has 0 N–H and O–H groups in total. The molecule has 1 aliphatic rings. The van der Waals surface area contributed by atoms with Crippen LogP contribution in [0.4, 0.5) is 0 Å². The summed E-state index contributed by atoms with van der Waals surface area (Å²) in [6, 6.07) is 0. The van der Waals surface area contributed by atoms with Crippen LogP contribution in [0, 0.1) is 5.41 Å². The summed E-state index contributed by atoms with van der Waals surface area (Å²) >= 11 is 0. The van der Waals surface area contributed by atoms with Crippen LogP contribution in [-0.4, -0.2) is 12.2 Å². The molecule has 0 spiro atoms. The van der Waals surface area contributed by atoms with Gasteiger partial charge in [0.15, 0.2) is 0 Å². The van der Waals surface area contributed by atoms with E-state index in [1.54, 1.807) is 0 Å². The normalized spacial score (nSPS) is 27.3. The average Bonchev–Trinajstić information content (AvgIpc) is 2.42. The molecule has 0 radical (unpaired) electrons. The third-order valence-corrected chi connectivity index (χ3v) is 3.07. The fourth-order valence-corrected chi connectivity index (χ4v) is 2.13. The highest BCUT2D eigenvalue weighted by Gasteiger charge is 2.28. The maximum atomic E-state index is 6.01. The zero-order chi connectivity index (χ0) is 11.5. The van der Waals surface area contributed by atoms with Gasteiger partial charge in [-0.3, -0.25) is 0 Å². The van der Waals surface area contributed by atoms with Crippen molar-refractivity contribution in [2.24, 2.45) is 5.41 Å². The monoisotopic (exact) mass is 210 g/mol. The molecule has 0 amide bonds. The van der Waals surface area contributed by atoms with Gasteiger partial charge in [-0.15, -0.1) is 0 Å². The molecule has 0 aliphatic carbocycles. The molecule has 0 aromatic rings. The van der Waals surface area contributed by atoms with E-state index in [-0.39, 0.29) is 0 Å². The first-order valence-corrected chi connectivity index (χ1v) is 6.25. The van der Waals surface area contributed by atoms with Crippen molar-refractivity contribution >= 4 is 0 Å². The van der Waals surface area contributed by atoms with E-state index < -0.39 is 0 Å². The molecule has 1 heterocycles. The van der Waals surface area contributed by atoms with Crippen molar-refractivity contribution in [3.63, 3.8) is 0 Å². The predicted molar refractivity (Wildman–Crippen MR) is 66.0 cm³/mol. The van der Waals surface area contributed by atoms with Crippen molar-refractivity contribution in [2.75, 3.05) is 0 Å². The molecule has 1 fully saturated rings. The summed E-state index contributed by atoms with van der Waals surface area (Å²) in [6.45, 7) is 13.2. The van der Waals surface area contributed by atoms with E-state index in [9.17, 15) is 0 Å². The molecule has 0 saturated carbocycles. The Morgan fingerprint density at radius 1 is 1.33 bits per heavy atom. The second kappa shape index (κ2) is 5.16. The largest absolute Gasteiger partial charge is 0.370 e. The lowest BCUT2D eigenvalue weighted by Crippen LogP contribution is -2.15. The quantitative estimate of drug-likeness (QED) is 0.628. The molecule has 1 unspecified atom stereocenters. The van der Waals surface area contributed by atoms with E-state index in [0.717, 1.165) is 12.8 Å². The summed E-state index contributed by atoms with van der Waals surface area (Å²) in [5.41, 5.74) is 1.73. The standard InChI is InChI=1S/C14H26O/c1-6-7-12-10-11(2)13(15-12)8-9-14(3,4)5/h12-13H,2,6-10H2,1,3-5H3/t12-,13?/m0/s1. The first-order valence-electron chi connectivity index (χ1n) is 6.25. The average molecular weight is 210 g/mol. The summed E-state index contributed by atoms with van der Waals surface area (Å²) in [5, 5.41) is 0. The van der Waals surface area contributed by atoms with E-state index >= 15 is 0 Å². The zero-order valence-electron chi connectivity index (χ0n) is 10.8. The maximum absolute atomic E-state index is 6.01. The molecule has 0 aromatic heterocycles. The van der Waals surface area contributed by atoms with E-state index in [1.807, 2.05) is 0 Å². The van der Waals surface area contributed by atoms with Crippen LogP contribution in [0.1, 0.15) is 59.8 Å². The van der Waals surface area contributed by atoms with Gasteiger partial charge in [0.25, 0.3) is 0 Å². The van der Waals surface area contributed by atoms with Crippen molar-refractivity contribution in [2.45, 2.75) is 72.0 Å². The molecule has 2 atom stereocenters. The van der Waals surface area contributed by atoms with Gasteiger partial charge in [0.05, 0.1) is 12.2 Å². The topological polar surface area (TPSA) is 9.23 Å². The summed E-state index contributed by atoms with van der Waals surface area (Å²) in [4.78, 5) is 0. The highest BCUT2D eigenvalue weighted by Crippen LogP contribution is 2.32. The SMILES string of the molecule is C=C1C[C@H](CCC)OC1CCC(C)(C)C. The van der Waals surface area contributed by atoms with Gasteiger partial charge in [0.1, 0.15) is 0 Å². The highest BCUT2D eigenvalue weighted by atomic mass is 16.5. The molecule has 0 bridgehead atoms. The van der Waals surface area contributed by atoms with Crippen LogP contribution in [0.5, 0.6) is 0 Å². The molecule has 88 valence electrons. The Bertz CT molecular complexity index is 212. The zero-order valence-corrected chi connectivity index (χ0v) is 10.8. The summed E-state index contributed by atoms with van der Waals surface area (Å²) in [5.74, 6) is 0. The molecule has 1 nitrogen and oxygen atoms in total. The molecule has 1 saturated heterocycles. The number of ether oxygens (including phenoxy) is 1. The van der Waals surface area contributed by atoms with Gasteiger partial charge in [0.2, 0.25) is 0 Å². The van der Waals surface area contributed by atoms with Crippen LogP contribution in [0.25, 0.3) is 0 Å². The van der Waals surface area contributed by atoms with Crippen molar-refractivity contribution in [1.29, 1.82) is 0 Å². The van der Waals surface area contributed by atoms with Gasteiger partial charge in [-0.05, 0) is 36.7 Å². The maximum Gasteiger partial charge on any atom is 0.0787 e. The summed E-state index contributed by atoms with van der Waals surface area (Å²) in [6.07, 6.45) is 6.63. The van der Waals surface area contributed by atoms with Gasteiger partial charge in [0, 0.05) is 0 Å². The fraction of sp³-hybridized carbons (Fsp3) is 0.857. The van der Waals surface area contributed by atoms with Crippen LogP contribution in [0.3, 0.4) is 0 Å². The number of hydrogen-bond acceptors (Lipinski definition) is 1. The van der Waals surface area contributed by atoms with Crippen LogP contribution in [0.2, 0.25) is 0 Å². The molecule has 1 aliphatic heterocycles. The first-order chi connectivity index (χ1) is 6.92. The van der Waals surface area contributed by atoms with E-state index in [1.165, 1.54) is 24.8 Å². The van der Waals surface area contributed by atoms with Gasteiger partial charge in [-0.1, -0.05) is 40.7 Å². The lowest BCUT2D eigenvalue weighted by atomic mass is 9.88. The molecular weight excluding hydrogens is 184 g/mol. The summed E-state index contributed by atoms with van der Waals surface area (Å²) < 4.78 is 6.01. The second-order valence-corrected chi connectivity index (χ2v) is 6.00. The third kappa shape index (κ3) is 4.38. The first kappa shape index (κ1) is 12.8. The Morgan fingerprint density at radius 2 is 2.00 bits per heavy atom. The van der Waals surface area contributed by atoms with Crippen LogP contribution in [-0.2, 0) is 4.74 Å². The Morgan fingerprint density at radius 3 is 2.53 bits per heavy atom. The van der Waals surface area contributed by atoms with Gasteiger partial charge >= 0.3 is 0 Å². The fourth-order valence-electron chi connectivity index (χ4n) is 2.13. The Hall–Kier alpha value is -0.300. The lowest BCUT2D eigenvalue weighted by Gasteiger charge is -2.21. The molecular formula is C14H26O. The predicted octanol–water partition coefficient (Wildman–Crippen LogP) is 4.33. The smallest absolute Gasteiger partial charge is 0.0787 e. The van der Waals surface area contributed by atoms with Crippen molar-refractivity contribution in [3.05, 3.63) is 12.2 Å².